The van der Waals surface area contributed by atoms with Crippen LogP contribution in [-0.2, 0) is 13.1 Å². The Kier molecular flexibility index (Phi) is 3.28. The summed E-state index contributed by atoms with van der Waals surface area (Å²) in [4.78, 5) is 2.45. The lowest BCUT2D eigenvalue weighted by atomic mass is 9.91. The number of nitrogens with zero attached hydrogens (tertiary/aromatic N) is 1. The summed E-state index contributed by atoms with van der Waals surface area (Å²) in [5.74, 6) is 0.428. The van der Waals surface area contributed by atoms with Crippen LogP contribution in [-0.4, -0.2) is 21.2 Å². The highest BCUT2D eigenvalue weighted by Gasteiger charge is 2.29. The molecule has 3 nitrogen and oxygen atoms in total. The average molecular weight is 316 g/mol. The first-order chi connectivity index (χ1) is 10.6. The Hall–Kier alpha value is -1.71. The zero-order valence-corrected chi connectivity index (χ0v) is 13.0. The number of halogens is 1. The molecule has 0 amide bonds. The number of hydrogen-bond acceptors (Lipinski definition) is 3. The molecular formula is C18H18ClNO2. The van der Waals surface area contributed by atoms with Crippen molar-refractivity contribution >= 4 is 11.6 Å². The Bertz CT molecular complexity index is 740. The smallest absolute Gasteiger partial charge is 0.134 e. The largest absolute Gasteiger partial charge is 0.508 e. The molecule has 2 aliphatic rings. The molecule has 0 unspecified atom stereocenters. The van der Waals surface area contributed by atoms with Gasteiger partial charge >= 0.3 is 0 Å². The number of aromatic hydroxyl groups is 2. The first-order valence-electron chi connectivity index (χ1n) is 7.69. The fourth-order valence-corrected chi connectivity index (χ4v) is 3.63. The van der Waals surface area contributed by atoms with Gasteiger partial charge in [-0.25, -0.2) is 0 Å². The highest BCUT2D eigenvalue weighted by atomic mass is 35.5. The van der Waals surface area contributed by atoms with Crippen LogP contribution in [0.4, 0.5) is 0 Å². The van der Waals surface area contributed by atoms with Gasteiger partial charge in [0.05, 0.1) is 5.02 Å². The molecule has 0 aromatic heterocycles. The third-order valence-corrected chi connectivity index (χ3v) is 5.19. The van der Waals surface area contributed by atoms with Crippen molar-refractivity contribution in [2.24, 2.45) is 0 Å². The number of phenolic OH excluding ortho intramolecular Hbond substituents is 2. The normalized spacial score (nSPS) is 18.2. The van der Waals surface area contributed by atoms with Gasteiger partial charge in [0.1, 0.15) is 11.5 Å². The average Bonchev–Trinajstić information content (AvgIpc) is 2.54. The minimum Gasteiger partial charge on any atom is -0.508 e. The molecule has 0 radical (unpaired) electrons. The Morgan fingerprint density at radius 3 is 2.36 bits per heavy atom. The molecule has 1 fully saturated rings. The van der Waals surface area contributed by atoms with Crippen molar-refractivity contribution in [3.63, 3.8) is 0 Å². The lowest BCUT2D eigenvalue weighted by Gasteiger charge is -2.37. The van der Waals surface area contributed by atoms with Gasteiger partial charge in [0.2, 0.25) is 0 Å². The second-order valence-electron chi connectivity index (χ2n) is 6.29. The summed E-state index contributed by atoms with van der Waals surface area (Å²) in [5, 5.41) is 20.2. The summed E-state index contributed by atoms with van der Waals surface area (Å²) < 4.78 is 0. The molecule has 22 heavy (non-hydrogen) atoms. The molecule has 2 aromatic carbocycles. The monoisotopic (exact) mass is 315 g/mol. The fourth-order valence-electron chi connectivity index (χ4n) is 3.46. The molecule has 0 bridgehead atoms. The van der Waals surface area contributed by atoms with Crippen LogP contribution in [0.5, 0.6) is 11.5 Å². The van der Waals surface area contributed by atoms with E-state index < -0.39 is 0 Å². The Balaban J connectivity index is 1.88. The summed E-state index contributed by atoms with van der Waals surface area (Å²) in [6.45, 7) is 1.63. The van der Waals surface area contributed by atoms with E-state index in [2.05, 4.69) is 4.90 Å². The van der Waals surface area contributed by atoms with Gasteiger partial charge in [-0.05, 0) is 59.4 Å². The molecule has 114 valence electrons. The second kappa shape index (κ2) is 5.18. The fraction of sp³-hybridized carbons (Fsp3) is 0.333. The van der Waals surface area contributed by atoms with Crippen molar-refractivity contribution in [1.29, 1.82) is 0 Å². The number of rotatable bonds is 1. The van der Waals surface area contributed by atoms with Crippen molar-refractivity contribution in [3.8, 4) is 22.6 Å². The van der Waals surface area contributed by atoms with Gasteiger partial charge in [-0.1, -0.05) is 24.1 Å². The summed E-state index contributed by atoms with van der Waals surface area (Å²) in [6, 6.07) is 9.72. The van der Waals surface area contributed by atoms with E-state index in [1.165, 1.54) is 19.3 Å². The van der Waals surface area contributed by atoms with Crippen LogP contribution >= 0.6 is 11.6 Å². The Morgan fingerprint density at radius 2 is 1.68 bits per heavy atom. The van der Waals surface area contributed by atoms with Crippen LogP contribution in [0.3, 0.4) is 0 Å². The molecule has 1 aliphatic heterocycles. The van der Waals surface area contributed by atoms with E-state index >= 15 is 0 Å². The number of hydrogen-bond donors (Lipinski definition) is 2. The first kappa shape index (κ1) is 13.9. The number of phenols is 2. The van der Waals surface area contributed by atoms with E-state index in [0.29, 0.717) is 16.8 Å². The molecule has 1 aliphatic carbocycles. The molecule has 0 atom stereocenters. The molecule has 2 N–H and O–H groups in total. The number of fused-ring (bicyclic) bond motifs is 3. The van der Waals surface area contributed by atoms with Crippen LogP contribution in [0, 0.1) is 0 Å². The van der Waals surface area contributed by atoms with Gasteiger partial charge in [0.25, 0.3) is 0 Å². The molecule has 2 aromatic rings. The third kappa shape index (κ3) is 2.25. The highest BCUT2D eigenvalue weighted by molar-refractivity contribution is 6.32. The molecule has 4 heteroatoms. The first-order valence-corrected chi connectivity index (χ1v) is 8.07. The van der Waals surface area contributed by atoms with Crippen LogP contribution in [0.25, 0.3) is 11.1 Å². The summed E-state index contributed by atoms with van der Waals surface area (Å²) >= 11 is 6.12. The third-order valence-electron chi connectivity index (χ3n) is 4.89. The van der Waals surface area contributed by atoms with Gasteiger partial charge in [0.15, 0.2) is 0 Å². The summed E-state index contributed by atoms with van der Waals surface area (Å²) in [7, 11) is 0. The van der Waals surface area contributed by atoms with E-state index in [0.717, 1.165) is 35.3 Å². The van der Waals surface area contributed by atoms with Crippen LogP contribution in [0.1, 0.15) is 30.4 Å². The van der Waals surface area contributed by atoms with Crippen molar-refractivity contribution in [1.82, 2.24) is 4.90 Å². The van der Waals surface area contributed by atoms with Gasteiger partial charge in [0, 0.05) is 19.1 Å². The Labute approximate surface area is 134 Å². The Morgan fingerprint density at radius 1 is 0.955 bits per heavy atom. The van der Waals surface area contributed by atoms with Gasteiger partial charge in [-0.3, -0.25) is 4.90 Å². The van der Waals surface area contributed by atoms with Crippen molar-refractivity contribution in [2.75, 3.05) is 0 Å². The summed E-state index contributed by atoms with van der Waals surface area (Å²) in [5.41, 5.74) is 4.36. The topological polar surface area (TPSA) is 43.7 Å². The minimum atomic E-state index is 0.135. The molecular weight excluding hydrogens is 298 g/mol. The maximum atomic E-state index is 9.96. The van der Waals surface area contributed by atoms with Crippen LogP contribution < -0.4 is 0 Å². The van der Waals surface area contributed by atoms with Gasteiger partial charge < -0.3 is 10.2 Å². The standard InChI is InChI=1S/C18H18ClNO2/c19-17-8-16-12(7-18(17)22)10-20(13-2-1-3-13)9-11-6-14(21)4-5-15(11)16/h4-8,13,21-22H,1-3,9-10H2. The predicted molar refractivity (Wildman–Crippen MR) is 87.1 cm³/mol. The second-order valence-corrected chi connectivity index (χ2v) is 6.70. The van der Waals surface area contributed by atoms with E-state index in [1.807, 2.05) is 18.2 Å². The van der Waals surface area contributed by atoms with Crippen molar-refractivity contribution in [2.45, 2.75) is 38.4 Å². The highest BCUT2D eigenvalue weighted by Crippen LogP contribution is 2.41. The van der Waals surface area contributed by atoms with E-state index in [4.69, 9.17) is 11.6 Å². The zero-order valence-electron chi connectivity index (χ0n) is 12.2. The summed E-state index contributed by atoms with van der Waals surface area (Å²) in [6.07, 6.45) is 3.74. The number of benzene rings is 2. The van der Waals surface area contributed by atoms with E-state index in [1.54, 1.807) is 12.1 Å². The van der Waals surface area contributed by atoms with Crippen LogP contribution in [0.15, 0.2) is 30.3 Å². The molecule has 4 rings (SSSR count). The van der Waals surface area contributed by atoms with Gasteiger partial charge in [-0.2, -0.15) is 0 Å². The predicted octanol–water partition coefficient (Wildman–Crippen LogP) is 4.29. The van der Waals surface area contributed by atoms with Crippen molar-refractivity contribution < 1.29 is 10.2 Å². The van der Waals surface area contributed by atoms with Crippen molar-refractivity contribution in [3.05, 3.63) is 46.5 Å². The van der Waals surface area contributed by atoms with E-state index in [-0.39, 0.29) is 5.75 Å². The van der Waals surface area contributed by atoms with Gasteiger partial charge in [-0.15, -0.1) is 0 Å². The minimum absolute atomic E-state index is 0.135. The SMILES string of the molecule is Oc1ccc2c(c1)CN(C1CCC1)Cc1cc(O)c(Cl)cc1-2. The zero-order chi connectivity index (χ0) is 15.3. The van der Waals surface area contributed by atoms with E-state index in [9.17, 15) is 10.2 Å². The molecule has 0 saturated heterocycles. The lowest BCUT2D eigenvalue weighted by molar-refractivity contribution is 0.113. The molecule has 1 saturated carbocycles. The maximum Gasteiger partial charge on any atom is 0.134 e. The molecule has 1 heterocycles. The maximum absolute atomic E-state index is 9.96. The van der Waals surface area contributed by atoms with Crippen LogP contribution in [0.2, 0.25) is 5.02 Å². The molecule has 0 spiro atoms. The lowest BCUT2D eigenvalue weighted by Crippen LogP contribution is -2.38. The quantitative estimate of drug-likeness (QED) is 0.825.